The molecule has 7 heteroatoms. The molecular weight excluding hydrogens is 342 g/mol. The molecule has 1 aromatic rings. The molecule has 1 aliphatic rings. The highest BCUT2D eigenvalue weighted by molar-refractivity contribution is 9.10. The Morgan fingerprint density at radius 3 is 2.55 bits per heavy atom. The predicted molar refractivity (Wildman–Crippen MR) is 85.8 cm³/mol. The third-order valence-corrected chi connectivity index (χ3v) is 5.86. The number of rotatable bonds is 3. The minimum Gasteiger partial charge on any atom is -0.398 e. The molecule has 2 rings (SSSR count). The molecule has 1 aromatic carbocycles. The molecular formula is C13H20BrN3O2S. The summed E-state index contributed by atoms with van der Waals surface area (Å²) in [6, 6.07) is 3.45. The van der Waals surface area contributed by atoms with E-state index in [-0.39, 0.29) is 0 Å². The maximum atomic E-state index is 12.4. The summed E-state index contributed by atoms with van der Waals surface area (Å²) in [6.45, 7) is 5.16. The van der Waals surface area contributed by atoms with Crippen LogP contribution < -0.4 is 10.5 Å². The molecule has 5 nitrogen and oxygen atoms in total. The van der Waals surface area contributed by atoms with Gasteiger partial charge in [0.1, 0.15) is 0 Å². The van der Waals surface area contributed by atoms with Gasteiger partial charge in [-0.15, -0.1) is 0 Å². The molecule has 20 heavy (non-hydrogen) atoms. The maximum Gasteiger partial charge on any atom is 0.301 e. The molecule has 3 N–H and O–H groups in total. The van der Waals surface area contributed by atoms with Crippen molar-refractivity contribution in [1.82, 2.24) is 4.31 Å². The molecule has 0 saturated carbocycles. The van der Waals surface area contributed by atoms with Gasteiger partial charge in [-0.25, -0.2) is 0 Å². The fourth-order valence-corrected chi connectivity index (χ4v) is 4.15. The number of hydrogen-bond donors (Lipinski definition) is 2. The molecule has 0 atom stereocenters. The van der Waals surface area contributed by atoms with Crippen molar-refractivity contribution < 1.29 is 8.42 Å². The SMILES string of the molecule is Cc1cc(Br)c(NS(=O)(=O)N2CCC(C)CC2)cc1N. The van der Waals surface area contributed by atoms with Crippen LogP contribution in [0.1, 0.15) is 25.3 Å². The molecule has 0 aromatic heterocycles. The first kappa shape index (κ1) is 15.6. The van der Waals surface area contributed by atoms with Gasteiger partial charge in [0.05, 0.1) is 5.69 Å². The normalized spacial score (nSPS) is 18.1. The van der Waals surface area contributed by atoms with E-state index >= 15 is 0 Å². The summed E-state index contributed by atoms with van der Waals surface area (Å²) >= 11 is 3.37. The first-order valence-corrected chi connectivity index (χ1v) is 8.86. The molecule has 1 aliphatic heterocycles. The van der Waals surface area contributed by atoms with E-state index in [1.54, 1.807) is 6.07 Å². The minimum absolute atomic E-state index is 0.478. The van der Waals surface area contributed by atoms with E-state index in [0.29, 0.717) is 34.9 Å². The zero-order valence-electron chi connectivity index (χ0n) is 11.7. The fraction of sp³-hybridized carbons (Fsp3) is 0.538. The largest absolute Gasteiger partial charge is 0.398 e. The Morgan fingerprint density at radius 1 is 1.35 bits per heavy atom. The van der Waals surface area contributed by atoms with Crippen LogP contribution >= 0.6 is 15.9 Å². The van der Waals surface area contributed by atoms with Crippen molar-refractivity contribution in [2.45, 2.75) is 26.7 Å². The van der Waals surface area contributed by atoms with Gasteiger partial charge in [-0.1, -0.05) is 6.92 Å². The lowest BCUT2D eigenvalue weighted by atomic mass is 10.0. The number of nitrogens with two attached hydrogens (primary N) is 1. The molecule has 1 fully saturated rings. The van der Waals surface area contributed by atoms with E-state index in [1.807, 2.05) is 13.0 Å². The lowest BCUT2D eigenvalue weighted by Crippen LogP contribution is -2.41. The summed E-state index contributed by atoms with van der Waals surface area (Å²) < 4.78 is 29.5. The zero-order chi connectivity index (χ0) is 14.9. The topological polar surface area (TPSA) is 75.4 Å². The summed E-state index contributed by atoms with van der Waals surface area (Å²) in [6.07, 6.45) is 1.80. The van der Waals surface area contributed by atoms with E-state index in [4.69, 9.17) is 5.73 Å². The summed E-state index contributed by atoms with van der Waals surface area (Å²) in [7, 11) is -3.51. The fourth-order valence-electron chi connectivity index (χ4n) is 2.20. The number of nitrogen functional groups attached to an aromatic ring is 1. The zero-order valence-corrected chi connectivity index (χ0v) is 14.1. The molecule has 0 spiro atoms. The van der Waals surface area contributed by atoms with Crippen LogP contribution in [-0.4, -0.2) is 25.8 Å². The van der Waals surface area contributed by atoms with Crippen LogP contribution in [0.25, 0.3) is 0 Å². The van der Waals surface area contributed by atoms with Crippen molar-refractivity contribution in [2.75, 3.05) is 23.5 Å². The van der Waals surface area contributed by atoms with Crippen molar-refractivity contribution in [2.24, 2.45) is 5.92 Å². The van der Waals surface area contributed by atoms with Gasteiger partial charge >= 0.3 is 10.2 Å². The standard InChI is InChI=1S/C13H20BrN3O2S/c1-9-3-5-17(6-4-9)20(18,19)16-13-8-12(15)10(2)7-11(13)14/h7-9,16H,3-6,15H2,1-2H3. The van der Waals surface area contributed by atoms with Crippen LogP contribution in [0.3, 0.4) is 0 Å². The molecule has 1 saturated heterocycles. The highest BCUT2D eigenvalue weighted by atomic mass is 79.9. The van der Waals surface area contributed by atoms with Crippen LogP contribution in [0.15, 0.2) is 16.6 Å². The van der Waals surface area contributed by atoms with E-state index in [2.05, 4.69) is 27.6 Å². The first-order chi connectivity index (χ1) is 9.29. The highest BCUT2D eigenvalue weighted by Gasteiger charge is 2.26. The highest BCUT2D eigenvalue weighted by Crippen LogP contribution is 2.29. The Hall–Kier alpha value is -0.790. The van der Waals surface area contributed by atoms with Crippen molar-refractivity contribution >= 4 is 37.5 Å². The molecule has 0 amide bonds. The summed E-state index contributed by atoms with van der Waals surface area (Å²) in [5.41, 5.74) is 7.79. The van der Waals surface area contributed by atoms with Crippen LogP contribution in [0.4, 0.5) is 11.4 Å². The average molecular weight is 362 g/mol. The number of hydrogen-bond acceptors (Lipinski definition) is 3. The minimum atomic E-state index is -3.51. The first-order valence-electron chi connectivity index (χ1n) is 6.63. The Bertz CT molecular complexity index is 596. The van der Waals surface area contributed by atoms with Gasteiger partial charge < -0.3 is 5.73 Å². The molecule has 0 radical (unpaired) electrons. The number of halogens is 1. The summed E-state index contributed by atoms with van der Waals surface area (Å²) in [5.74, 6) is 0.586. The Labute approximate surface area is 128 Å². The van der Waals surface area contributed by atoms with Gasteiger partial charge in [0.2, 0.25) is 0 Å². The second-order valence-corrected chi connectivity index (χ2v) is 7.90. The average Bonchev–Trinajstić information content (AvgIpc) is 2.36. The Kier molecular flexibility index (Phi) is 4.61. The van der Waals surface area contributed by atoms with Crippen molar-refractivity contribution in [3.05, 3.63) is 22.2 Å². The van der Waals surface area contributed by atoms with Gasteiger partial charge in [-0.05, 0) is 59.3 Å². The predicted octanol–water partition coefficient (Wildman–Crippen LogP) is 2.73. The maximum absolute atomic E-state index is 12.4. The lowest BCUT2D eigenvalue weighted by Gasteiger charge is -2.29. The van der Waals surface area contributed by atoms with Crippen LogP contribution in [0.2, 0.25) is 0 Å². The summed E-state index contributed by atoms with van der Waals surface area (Å²) in [5, 5.41) is 0. The monoisotopic (exact) mass is 361 g/mol. The van der Waals surface area contributed by atoms with E-state index in [1.165, 1.54) is 4.31 Å². The molecule has 112 valence electrons. The smallest absolute Gasteiger partial charge is 0.301 e. The number of benzene rings is 1. The van der Waals surface area contributed by atoms with E-state index < -0.39 is 10.2 Å². The van der Waals surface area contributed by atoms with Gasteiger partial charge in [-0.2, -0.15) is 12.7 Å². The molecule has 0 bridgehead atoms. The molecule has 0 aliphatic carbocycles. The van der Waals surface area contributed by atoms with Crippen molar-refractivity contribution in [3.8, 4) is 0 Å². The summed E-state index contributed by atoms with van der Waals surface area (Å²) in [4.78, 5) is 0. The quantitative estimate of drug-likeness (QED) is 0.812. The van der Waals surface area contributed by atoms with E-state index in [0.717, 1.165) is 18.4 Å². The lowest BCUT2D eigenvalue weighted by molar-refractivity contribution is 0.289. The number of nitrogens with one attached hydrogen (secondary N) is 1. The van der Waals surface area contributed by atoms with Gasteiger partial charge in [0.15, 0.2) is 0 Å². The second kappa shape index (κ2) is 5.91. The third-order valence-electron chi connectivity index (χ3n) is 3.68. The Morgan fingerprint density at radius 2 is 1.95 bits per heavy atom. The van der Waals surface area contributed by atoms with Gasteiger partial charge in [0, 0.05) is 23.2 Å². The number of aryl methyl sites for hydroxylation is 1. The van der Waals surface area contributed by atoms with Crippen LogP contribution in [0, 0.1) is 12.8 Å². The number of piperidine rings is 1. The molecule has 1 heterocycles. The second-order valence-electron chi connectivity index (χ2n) is 5.38. The third kappa shape index (κ3) is 3.45. The number of nitrogens with zero attached hydrogens (tertiary/aromatic N) is 1. The van der Waals surface area contributed by atoms with Crippen LogP contribution in [-0.2, 0) is 10.2 Å². The van der Waals surface area contributed by atoms with Gasteiger partial charge in [0.25, 0.3) is 0 Å². The van der Waals surface area contributed by atoms with Crippen molar-refractivity contribution in [3.63, 3.8) is 0 Å². The van der Waals surface area contributed by atoms with E-state index in [9.17, 15) is 8.42 Å². The number of anilines is 2. The van der Waals surface area contributed by atoms with Crippen LogP contribution in [0.5, 0.6) is 0 Å². The molecule has 0 unspecified atom stereocenters. The van der Waals surface area contributed by atoms with Gasteiger partial charge in [-0.3, -0.25) is 4.72 Å². The van der Waals surface area contributed by atoms with Crippen molar-refractivity contribution in [1.29, 1.82) is 0 Å². The Balaban J connectivity index is 2.18.